The third kappa shape index (κ3) is 4.20. The summed E-state index contributed by atoms with van der Waals surface area (Å²) in [5, 5.41) is 0. The summed E-state index contributed by atoms with van der Waals surface area (Å²) in [7, 11) is 0. The van der Waals surface area contributed by atoms with Crippen LogP contribution in [0.25, 0.3) is 0 Å². The van der Waals surface area contributed by atoms with Gasteiger partial charge in [-0.1, -0.05) is 19.9 Å². The number of likely N-dealkylation sites (tertiary alicyclic amines) is 1. The maximum atomic E-state index is 13.8. The van der Waals surface area contributed by atoms with Crippen LogP contribution in [-0.4, -0.2) is 24.0 Å². The number of nitrogens with zero attached hydrogens (tertiary/aromatic N) is 1. The first-order valence-electron chi connectivity index (χ1n) is 7.37. The molecule has 0 saturated carbocycles. The van der Waals surface area contributed by atoms with E-state index in [4.69, 9.17) is 5.73 Å². The molecule has 3 heteroatoms. The molecule has 2 N–H and O–H groups in total. The first kappa shape index (κ1) is 16.0. The molecular formula is C16H27FN2. The molecule has 1 aromatic carbocycles. The second-order valence-corrected chi connectivity index (χ2v) is 5.18. The van der Waals surface area contributed by atoms with E-state index in [-0.39, 0.29) is 5.82 Å². The van der Waals surface area contributed by atoms with Gasteiger partial charge in [0.05, 0.1) is 0 Å². The molecule has 1 aliphatic heterocycles. The fourth-order valence-corrected chi connectivity index (χ4v) is 2.60. The Kier molecular flexibility index (Phi) is 6.29. The lowest BCUT2D eigenvalue weighted by atomic mass is 9.88. The average molecular weight is 266 g/mol. The SMILES string of the molecule is CC.CC(C)N1CCC(c2ccc(N)cc2F)CC1. The molecular weight excluding hydrogens is 239 g/mol. The number of hydrogen-bond donors (Lipinski definition) is 1. The molecule has 2 nitrogen and oxygen atoms in total. The lowest BCUT2D eigenvalue weighted by Crippen LogP contribution is -2.38. The highest BCUT2D eigenvalue weighted by atomic mass is 19.1. The smallest absolute Gasteiger partial charge is 0.128 e. The number of nitrogen functional groups attached to an aromatic ring is 1. The number of hydrogen-bond acceptors (Lipinski definition) is 2. The highest BCUT2D eigenvalue weighted by molar-refractivity contribution is 5.41. The number of piperidine rings is 1. The lowest BCUT2D eigenvalue weighted by molar-refractivity contribution is 0.171. The van der Waals surface area contributed by atoms with Crippen molar-refractivity contribution in [2.45, 2.75) is 52.5 Å². The van der Waals surface area contributed by atoms with Crippen LogP contribution in [0, 0.1) is 5.82 Å². The molecule has 0 amide bonds. The zero-order valence-electron chi connectivity index (χ0n) is 12.6. The largest absolute Gasteiger partial charge is 0.399 e. The molecule has 19 heavy (non-hydrogen) atoms. The Bertz CT molecular complexity index is 382. The maximum Gasteiger partial charge on any atom is 0.128 e. The quantitative estimate of drug-likeness (QED) is 0.819. The zero-order chi connectivity index (χ0) is 14.4. The minimum atomic E-state index is -0.145. The van der Waals surface area contributed by atoms with Gasteiger partial charge >= 0.3 is 0 Å². The Morgan fingerprint density at radius 2 is 1.79 bits per heavy atom. The molecule has 1 saturated heterocycles. The molecule has 0 atom stereocenters. The van der Waals surface area contributed by atoms with Crippen molar-refractivity contribution < 1.29 is 4.39 Å². The highest BCUT2D eigenvalue weighted by Gasteiger charge is 2.23. The van der Waals surface area contributed by atoms with Gasteiger partial charge in [-0.25, -0.2) is 4.39 Å². The molecule has 108 valence electrons. The van der Waals surface area contributed by atoms with Gasteiger partial charge < -0.3 is 10.6 Å². The molecule has 0 bridgehead atoms. The van der Waals surface area contributed by atoms with E-state index in [0.717, 1.165) is 31.5 Å². The van der Waals surface area contributed by atoms with Crippen LogP contribution in [0.15, 0.2) is 18.2 Å². The molecule has 1 aromatic rings. The van der Waals surface area contributed by atoms with Crippen molar-refractivity contribution >= 4 is 5.69 Å². The van der Waals surface area contributed by atoms with Crippen LogP contribution in [0.3, 0.4) is 0 Å². The molecule has 1 aliphatic rings. The highest BCUT2D eigenvalue weighted by Crippen LogP contribution is 2.31. The van der Waals surface area contributed by atoms with E-state index in [1.54, 1.807) is 6.07 Å². The minimum Gasteiger partial charge on any atom is -0.399 e. The summed E-state index contributed by atoms with van der Waals surface area (Å²) in [6, 6.07) is 5.67. The maximum absolute atomic E-state index is 13.8. The van der Waals surface area contributed by atoms with Crippen LogP contribution < -0.4 is 5.73 Å². The normalized spacial score (nSPS) is 17.2. The van der Waals surface area contributed by atoms with Crippen LogP contribution >= 0.6 is 0 Å². The predicted molar refractivity (Wildman–Crippen MR) is 80.8 cm³/mol. The Morgan fingerprint density at radius 1 is 1.21 bits per heavy atom. The predicted octanol–water partition coefficient (Wildman–Crippen LogP) is 4.02. The van der Waals surface area contributed by atoms with Gasteiger partial charge in [-0.3, -0.25) is 0 Å². The molecule has 0 spiro atoms. The van der Waals surface area contributed by atoms with Crippen LogP contribution in [-0.2, 0) is 0 Å². The molecule has 0 aliphatic carbocycles. The van der Waals surface area contributed by atoms with Crippen LogP contribution in [0.5, 0.6) is 0 Å². The van der Waals surface area contributed by atoms with E-state index in [1.807, 2.05) is 19.9 Å². The van der Waals surface area contributed by atoms with Gasteiger partial charge in [-0.15, -0.1) is 0 Å². The molecule has 1 heterocycles. The summed E-state index contributed by atoms with van der Waals surface area (Å²) in [6.07, 6.45) is 2.08. The molecule has 0 radical (unpaired) electrons. The third-order valence-electron chi connectivity index (χ3n) is 3.72. The van der Waals surface area contributed by atoms with E-state index in [1.165, 1.54) is 6.07 Å². The molecule has 0 unspecified atom stereocenters. The summed E-state index contributed by atoms with van der Waals surface area (Å²) in [5.74, 6) is 0.207. The fourth-order valence-electron chi connectivity index (χ4n) is 2.60. The van der Waals surface area contributed by atoms with Gasteiger partial charge in [-0.2, -0.15) is 0 Å². The summed E-state index contributed by atoms with van der Waals surface area (Å²) < 4.78 is 13.8. The topological polar surface area (TPSA) is 29.3 Å². The molecule has 1 fully saturated rings. The van der Waals surface area contributed by atoms with Gasteiger partial charge in [0, 0.05) is 11.7 Å². The van der Waals surface area contributed by atoms with Crippen molar-refractivity contribution in [1.82, 2.24) is 4.90 Å². The Balaban J connectivity index is 0.000000861. The lowest BCUT2D eigenvalue weighted by Gasteiger charge is -2.34. The van der Waals surface area contributed by atoms with Crippen molar-refractivity contribution in [3.8, 4) is 0 Å². The Morgan fingerprint density at radius 3 is 2.26 bits per heavy atom. The fraction of sp³-hybridized carbons (Fsp3) is 0.625. The summed E-state index contributed by atoms with van der Waals surface area (Å²) in [6.45, 7) is 10.5. The van der Waals surface area contributed by atoms with Gasteiger partial charge in [0.1, 0.15) is 5.82 Å². The van der Waals surface area contributed by atoms with Crippen molar-refractivity contribution in [1.29, 1.82) is 0 Å². The second-order valence-electron chi connectivity index (χ2n) is 5.18. The van der Waals surface area contributed by atoms with Crippen LogP contribution in [0.4, 0.5) is 10.1 Å². The summed E-state index contributed by atoms with van der Waals surface area (Å²) in [5.41, 5.74) is 6.91. The van der Waals surface area contributed by atoms with Gasteiger partial charge in [-0.05, 0) is 63.4 Å². The van der Waals surface area contributed by atoms with E-state index in [0.29, 0.717) is 17.6 Å². The summed E-state index contributed by atoms with van der Waals surface area (Å²) >= 11 is 0. The monoisotopic (exact) mass is 266 g/mol. The zero-order valence-corrected chi connectivity index (χ0v) is 12.6. The second kappa shape index (κ2) is 7.49. The third-order valence-corrected chi connectivity index (χ3v) is 3.72. The van der Waals surface area contributed by atoms with Gasteiger partial charge in [0.25, 0.3) is 0 Å². The standard InChI is InChI=1S/C14H21FN2.C2H6/c1-10(2)17-7-5-11(6-8-17)13-4-3-12(16)9-14(13)15;1-2/h3-4,9-11H,5-8,16H2,1-2H3;1-2H3. The number of benzene rings is 1. The Hall–Kier alpha value is -1.09. The van der Waals surface area contributed by atoms with E-state index in [2.05, 4.69) is 18.7 Å². The van der Waals surface area contributed by atoms with Gasteiger partial charge in [0.15, 0.2) is 0 Å². The first-order valence-corrected chi connectivity index (χ1v) is 7.37. The first-order chi connectivity index (χ1) is 9.08. The van der Waals surface area contributed by atoms with Crippen molar-refractivity contribution in [3.05, 3.63) is 29.6 Å². The van der Waals surface area contributed by atoms with Gasteiger partial charge in [0.2, 0.25) is 0 Å². The van der Waals surface area contributed by atoms with E-state index in [9.17, 15) is 4.39 Å². The van der Waals surface area contributed by atoms with Crippen LogP contribution in [0.1, 0.15) is 52.0 Å². The van der Waals surface area contributed by atoms with E-state index >= 15 is 0 Å². The van der Waals surface area contributed by atoms with Crippen molar-refractivity contribution in [2.75, 3.05) is 18.8 Å². The number of halogens is 1. The van der Waals surface area contributed by atoms with E-state index < -0.39 is 0 Å². The van der Waals surface area contributed by atoms with Crippen molar-refractivity contribution in [2.24, 2.45) is 0 Å². The number of rotatable bonds is 2. The van der Waals surface area contributed by atoms with Crippen molar-refractivity contribution in [3.63, 3.8) is 0 Å². The van der Waals surface area contributed by atoms with Crippen LogP contribution in [0.2, 0.25) is 0 Å². The number of nitrogens with two attached hydrogens (primary N) is 1. The number of anilines is 1. The Labute approximate surface area is 116 Å². The minimum absolute atomic E-state index is 0.145. The molecule has 2 rings (SSSR count). The molecule has 0 aromatic heterocycles. The summed E-state index contributed by atoms with van der Waals surface area (Å²) in [4.78, 5) is 2.45. The average Bonchev–Trinajstić information content (AvgIpc) is 2.41.